The Morgan fingerprint density at radius 1 is 1.12 bits per heavy atom. The predicted octanol–water partition coefficient (Wildman–Crippen LogP) is 2.56. The summed E-state index contributed by atoms with van der Waals surface area (Å²) >= 11 is 0. The van der Waals surface area contributed by atoms with E-state index in [0.717, 1.165) is 37.8 Å². The molecule has 3 aliphatic carbocycles. The average molecular weight is 223 g/mol. The summed E-state index contributed by atoms with van der Waals surface area (Å²) in [5.41, 5.74) is 0.364. The van der Waals surface area contributed by atoms with Crippen molar-refractivity contribution in [2.24, 2.45) is 22.9 Å². The molecule has 3 fully saturated rings. The van der Waals surface area contributed by atoms with Gasteiger partial charge in [-0.1, -0.05) is 24.4 Å². The van der Waals surface area contributed by atoms with Crippen LogP contribution in [0.15, 0.2) is 5.16 Å². The Morgan fingerprint density at radius 2 is 2.00 bits per heavy atom. The van der Waals surface area contributed by atoms with Crippen LogP contribution in [-0.2, 0) is 0 Å². The number of aliphatic hydroxyl groups is 1. The van der Waals surface area contributed by atoms with Crippen LogP contribution in [0.4, 0.5) is 0 Å². The summed E-state index contributed by atoms with van der Waals surface area (Å²) in [6.45, 7) is 0. The van der Waals surface area contributed by atoms with Crippen molar-refractivity contribution in [2.45, 2.75) is 57.0 Å². The minimum atomic E-state index is -0.545. The third kappa shape index (κ3) is 1.33. The quantitative estimate of drug-likeness (QED) is 0.490. The largest absolute Gasteiger partial charge is 0.411 e. The Hall–Kier alpha value is -0.570. The van der Waals surface area contributed by atoms with Gasteiger partial charge in [-0.15, -0.1) is 0 Å². The first-order valence-electron chi connectivity index (χ1n) is 6.70. The predicted molar refractivity (Wildman–Crippen MR) is 61.6 cm³/mol. The van der Waals surface area contributed by atoms with Crippen LogP contribution in [0.1, 0.15) is 51.4 Å². The maximum atomic E-state index is 10.9. The van der Waals surface area contributed by atoms with Gasteiger partial charge in [0.25, 0.3) is 0 Å². The highest BCUT2D eigenvalue weighted by Crippen LogP contribution is 2.52. The fourth-order valence-corrected chi connectivity index (χ4v) is 4.42. The van der Waals surface area contributed by atoms with Gasteiger partial charge in [0.2, 0.25) is 0 Å². The van der Waals surface area contributed by atoms with Gasteiger partial charge in [-0.3, -0.25) is 0 Å². The van der Waals surface area contributed by atoms with Crippen molar-refractivity contribution in [2.75, 3.05) is 0 Å². The van der Waals surface area contributed by atoms with Gasteiger partial charge < -0.3 is 10.3 Å². The highest BCUT2D eigenvalue weighted by Gasteiger charge is 2.54. The summed E-state index contributed by atoms with van der Waals surface area (Å²) in [5, 5.41) is 23.6. The second kappa shape index (κ2) is 3.73. The van der Waals surface area contributed by atoms with Gasteiger partial charge in [0.05, 0.1) is 11.3 Å². The number of nitrogens with zero attached hydrogens (tertiary/aromatic N) is 1. The fraction of sp³-hybridized carbons (Fsp3) is 0.923. The van der Waals surface area contributed by atoms with E-state index in [2.05, 4.69) is 5.16 Å². The molecule has 0 aromatic carbocycles. The molecule has 0 unspecified atom stereocenters. The molecule has 2 bridgehead atoms. The van der Waals surface area contributed by atoms with Crippen LogP contribution < -0.4 is 0 Å². The molecule has 3 rings (SSSR count). The lowest BCUT2D eigenvalue weighted by Gasteiger charge is -2.53. The first-order valence-corrected chi connectivity index (χ1v) is 6.70. The molecule has 90 valence electrons. The second-order valence-electron chi connectivity index (χ2n) is 5.87. The SMILES string of the molecule is O/N=C1/[C@@H]2CCC[C@H]1[C@@]1(O)CCCC[C@H]1C2. The summed E-state index contributed by atoms with van der Waals surface area (Å²) in [6.07, 6.45) is 8.88. The number of fused-ring (bicyclic) bond motifs is 4. The normalized spacial score (nSPS) is 50.1. The van der Waals surface area contributed by atoms with Gasteiger partial charge in [0, 0.05) is 11.8 Å². The Balaban J connectivity index is 1.96. The molecule has 0 heterocycles. The van der Waals surface area contributed by atoms with Crippen molar-refractivity contribution < 1.29 is 10.3 Å². The molecule has 0 aromatic heterocycles. The van der Waals surface area contributed by atoms with Gasteiger partial charge in [0.1, 0.15) is 0 Å². The third-order valence-corrected chi connectivity index (χ3v) is 5.20. The molecule has 3 nitrogen and oxygen atoms in total. The first-order chi connectivity index (χ1) is 7.75. The summed E-state index contributed by atoms with van der Waals surface area (Å²) in [6, 6.07) is 0. The van der Waals surface area contributed by atoms with Crippen LogP contribution in [0.5, 0.6) is 0 Å². The molecule has 4 atom stereocenters. The third-order valence-electron chi connectivity index (χ3n) is 5.20. The van der Waals surface area contributed by atoms with Crippen LogP contribution in [-0.4, -0.2) is 21.6 Å². The summed E-state index contributed by atoms with van der Waals surface area (Å²) in [4.78, 5) is 0. The Bertz CT molecular complexity index is 315. The molecule has 2 N–H and O–H groups in total. The lowest BCUT2D eigenvalue weighted by atomic mass is 9.54. The average Bonchev–Trinajstić information content (AvgIpc) is 2.30. The summed E-state index contributed by atoms with van der Waals surface area (Å²) in [7, 11) is 0. The minimum Gasteiger partial charge on any atom is -0.411 e. The van der Waals surface area contributed by atoms with Gasteiger partial charge in [0.15, 0.2) is 0 Å². The lowest BCUT2D eigenvalue weighted by molar-refractivity contribution is -0.102. The fourth-order valence-electron chi connectivity index (χ4n) is 4.42. The Morgan fingerprint density at radius 3 is 2.81 bits per heavy atom. The van der Waals surface area contributed by atoms with E-state index in [1.807, 2.05) is 0 Å². The van der Waals surface area contributed by atoms with E-state index in [9.17, 15) is 10.3 Å². The number of rotatable bonds is 0. The topological polar surface area (TPSA) is 52.8 Å². The summed E-state index contributed by atoms with van der Waals surface area (Å²) < 4.78 is 0. The van der Waals surface area contributed by atoms with Gasteiger partial charge in [-0.05, 0) is 38.0 Å². The molecular weight excluding hydrogens is 202 g/mol. The smallest absolute Gasteiger partial charge is 0.0757 e. The highest BCUT2D eigenvalue weighted by atomic mass is 16.4. The van der Waals surface area contributed by atoms with Crippen molar-refractivity contribution >= 4 is 5.71 Å². The van der Waals surface area contributed by atoms with E-state index in [4.69, 9.17) is 0 Å². The van der Waals surface area contributed by atoms with Crippen LogP contribution in [0.2, 0.25) is 0 Å². The Labute approximate surface area is 96.5 Å². The maximum Gasteiger partial charge on any atom is 0.0757 e. The number of hydrogen-bond donors (Lipinski definition) is 2. The van der Waals surface area contributed by atoms with E-state index in [-0.39, 0.29) is 5.92 Å². The van der Waals surface area contributed by atoms with Crippen LogP contribution in [0, 0.1) is 17.8 Å². The zero-order valence-electron chi connectivity index (χ0n) is 9.73. The lowest BCUT2D eigenvalue weighted by Crippen LogP contribution is -2.57. The van der Waals surface area contributed by atoms with Gasteiger partial charge in [-0.2, -0.15) is 0 Å². The van der Waals surface area contributed by atoms with Crippen molar-refractivity contribution in [3.05, 3.63) is 0 Å². The second-order valence-corrected chi connectivity index (χ2v) is 5.87. The van der Waals surface area contributed by atoms with E-state index in [1.165, 1.54) is 19.3 Å². The molecule has 0 aliphatic heterocycles. The molecular formula is C13H21NO2. The van der Waals surface area contributed by atoms with E-state index >= 15 is 0 Å². The molecule has 0 saturated heterocycles. The molecule has 0 spiro atoms. The molecule has 3 saturated carbocycles. The standard InChI is InChI=1S/C13H21NO2/c15-13-7-2-1-5-10(13)8-9-4-3-6-11(13)12(9)14-16/h9-11,15-16H,1-8H2/b14-12-/t9-,10+,11-,13-/m1/s1. The van der Waals surface area contributed by atoms with E-state index < -0.39 is 5.60 Å². The van der Waals surface area contributed by atoms with Crippen molar-refractivity contribution in [3.8, 4) is 0 Å². The van der Waals surface area contributed by atoms with Gasteiger partial charge in [-0.25, -0.2) is 0 Å². The van der Waals surface area contributed by atoms with Crippen LogP contribution in [0.25, 0.3) is 0 Å². The monoisotopic (exact) mass is 223 g/mol. The minimum absolute atomic E-state index is 0.148. The molecule has 3 aliphatic rings. The molecule has 3 heteroatoms. The zero-order valence-corrected chi connectivity index (χ0v) is 9.73. The highest BCUT2D eigenvalue weighted by molar-refractivity contribution is 5.91. The van der Waals surface area contributed by atoms with Crippen LogP contribution in [0.3, 0.4) is 0 Å². The first kappa shape index (κ1) is 10.6. The number of hydrogen-bond acceptors (Lipinski definition) is 3. The number of oxime groups is 1. The molecule has 0 amide bonds. The molecule has 0 aromatic rings. The van der Waals surface area contributed by atoms with Crippen molar-refractivity contribution in [1.29, 1.82) is 0 Å². The molecule has 16 heavy (non-hydrogen) atoms. The Kier molecular flexibility index (Phi) is 2.46. The van der Waals surface area contributed by atoms with E-state index in [0.29, 0.717) is 11.8 Å². The van der Waals surface area contributed by atoms with E-state index in [1.54, 1.807) is 0 Å². The van der Waals surface area contributed by atoms with Crippen molar-refractivity contribution in [1.82, 2.24) is 0 Å². The van der Waals surface area contributed by atoms with Gasteiger partial charge >= 0.3 is 0 Å². The van der Waals surface area contributed by atoms with Crippen molar-refractivity contribution in [3.63, 3.8) is 0 Å². The molecule has 0 radical (unpaired) electrons. The van der Waals surface area contributed by atoms with Crippen LogP contribution >= 0.6 is 0 Å². The zero-order chi connectivity index (χ0) is 11.2. The summed E-state index contributed by atoms with van der Waals surface area (Å²) in [5.74, 6) is 1.06. The maximum absolute atomic E-state index is 10.9.